The lowest BCUT2D eigenvalue weighted by molar-refractivity contribution is 0.385. The van der Waals surface area contributed by atoms with Gasteiger partial charge in [-0.2, -0.15) is 0 Å². The maximum absolute atomic E-state index is 8.49. The smallest absolute Gasteiger partial charge is 0.118 e. The molecule has 59 valence electrons. The van der Waals surface area contributed by atoms with E-state index in [1.165, 1.54) is 0 Å². The van der Waals surface area contributed by atoms with Crippen molar-refractivity contribution in [2.45, 2.75) is 6.42 Å². The van der Waals surface area contributed by atoms with Crippen LogP contribution in [0, 0.1) is 6.61 Å². The average molecular weight is 151 g/mol. The van der Waals surface area contributed by atoms with E-state index in [1.54, 1.807) is 7.11 Å². The molecule has 0 fully saturated rings. The minimum absolute atomic E-state index is 0.587. The van der Waals surface area contributed by atoms with Crippen LogP contribution >= 0.6 is 0 Å². The second-order valence-electron chi connectivity index (χ2n) is 2.23. The third-order valence-corrected chi connectivity index (χ3v) is 1.49. The first-order valence-corrected chi connectivity index (χ1v) is 3.45. The molecule has 2 heteroatoms. The van der Waals surface area contributed by atoms with Crippen molar-refractivity contribution in [3.63, 3.8) is 0 Å². The highest BCUT2D eigenvalue weighted by Crippen LogP contribution is 2.11. The summed E-state index contributed by atoms with van der Waals surface area (Å²) >= 11 is 0. The zero-order valence-corrected chi connectivity index (χ0v) is 6.45. The molecular weight excluding hydrogens is 140 g/mol. The Hall–Kier alpha value is -1.02. The fraction of sp³-hybridized carbons (Fsp3) is 0.222. The van der Waals surface area contributed by atoms with Gasteiger partial charge >= 0.3 is 0 Å². The number of benzene rings is 1. The van der Waals surface area contributed by atoms with Crippen LogP contribution in [0.2, 0.25) is 0 Å². The van der Waals surface area contributed by atoms with Gasteiger partial charge in [-0.3, -0.25) is 0 Å². The van der Waals surface area contributed by atoms with Crippen molar-refractivity contribution in [2.24, 2.45) is 0 Å². The monoisotopic (exact) mass is 151 g/mol. The van der Waals surface area contributed by atoms with Gasteiger partial charge in [0.15, 0.2) is 0 Å². The Labute approximate surface area is 66.4 Å². The number of ether oxygens (including phenoxy) is 1. The van der Waals surface area contributed by atoms with Crippen LogP contribution < -0.4 is 4.74 Å². The lowest BCUT2D eigenvalue weighted by Crippen LogP contribution is -1.86. The molecule has 0 spiro atoms. The van der Waals surface area contributed by atoms with Gasteiger partial charge in [0, 0.05) is 6.42 Å². The van der Waals surface area contributed by atoms with E-state index in [0.717, 1.165) is 17.9 Å². The van der Waals surface area contributed by atoms with Gasteiger partial charge in [0.25, 0.3) is 0 Å². The number of aliphatic hydroxyl groups excluding tert-OH is 1. The third-order valence-electron chi connectivity index (χ3n) is 1.49. The Morgan fingerprint density at radius 1 is 1.36 bits per heavy atom. The van der Waals surface area contributed by atoms with Crippen molar-refractivity contribution < 1.29 is 9.84 Å². The van der Waals surface area contributed by atoms with E-state index < -0.39 is 0 Å². The standard InChI is InChI=1S/C9H11O2/c1-11-9-4-2-8(3-5-9)6-7-10/h2-5,7,10H,6H2,1H3. The van der Waals surface area contributed by atoms with E-state index in [-0.39, 0.29) is 0 Å². The molecule has 1 aromatic carbocycles. The first kappa shape index (κ1) is 8.08. The highest BCUT2D eigenvalue weighted by molar-refractivity contribution is 5.27. The molecule has 0 unspecified atom stereocenters. The molecule has 11 heavy (non-hydrogen) atoms. The highest BCUT2D eigenvalue weighted by atomic mass is 16.5. The molecule has 0 amide bonds. The minimum atomic E-state index is 0.587. The van der Waals surface area contributed by atoms with Crippen LogP contribution in [0.4, 0.5) is 0 Å². The second-order valence-corrected chi connectivity index (χ2v) is 2.23. The Balaban J connectivity index is 2.66. The van der Waals surface area contributed by atoms with Crippen molar-refractivity contribution in [3.8, 4) is 5.75 Å². The first-order chi connectivity index (χ1) is 5.36. The predicted molar refractivity (Wildman–Crippen MR) is 42.9 cm³/mol. The topological polar surface area (TPSA) is 29.5 Å². The summed E-state index contributed by atoms with van der Waals surface area (Å²) in [6.45, 7) is 1.14. The molecule has 1 aromatic rings. The second kappa shape index (κ2) is 3.98. The fourth-order valence-electron chi connectivity index (χ4n) is 0.867. The Bertz CT molecular complexity index is 203. The number of hydrogen-bond acceptors (Lipinski definition) is 2. The predicted octanol–water partition coefficient (Wildman–Crippen LogP) is 1.77. The van der Waals surface area contributed by atoms with Crippen LogP contribution in [-0.2, 0) is 6.42 Å². The van der Waals surface area contributed by atoms with Gasteiger partial charge in [-0.15, -0.1) is 0 Å². The zero-order valence-electron chi connectivity index (χ0n) is 6.45. The summed E-state index contributed by atoms with van der Waals surface area (Å²) in [6.07, 6.45) is 0.587. The van der Waals surface area contributed by atoms with Crippen molar-refractivity contribution in [1.82, 2.24) is 0 Å². The summed E-state index contributed by atoms with van der Waals surface area (Å²) in [6, 6.07) is 7.59. The fourth-order valence-corrected chi connectivity index (χ4v) is 0.867. The van der Waals surface area contributed by atoms with E-state index >= 15 is 0 Å². The van der Waals surface area contributed by atoms with Gasteiger partial charge in [-0.25, -0.2) is 0 Å². The lowest BCUT2D eigenvalue weighted by Gasteiger charge is -2.00. The molecule has 0 atom stereocenters. The summed E-state index contributed by atoms with van der Waals surface area (Å²) < 4.78 is 4.97. The molecule has 0 aromatic heterocycles. The molecule has 0 heterocycles. The summed E-state index contributed by atoms with van der Waals surface area (Å²) in [5, 5.41) is 8.49. The molecule has 0 aliphatic heterocycles. The number of rotatable bonds is 3. The summed E-state index contributed by atoms with van der Waals surface area (Å²) in [5.74, 6) is 0.840. The highest BCUT2D eigenvalue weighted by Gasteiger charge is 1.92. The number of aliphatic hydroxyl groups is 1. The van der Waals surface area contributed by atoms with Gasteiger partial charge in [-0.05, 0) is 17.7 Å². The van der Waals surface area contributed by atoms with Crippen molar-refractivity contribution in [1.29, 1.82) is 0 Å². The van der Waals surface area contributed by atoms with E-state index in [9.17, 15) is 0 Å². The van der Waals surface area contributed by atoms with Crippen molar-refractivity contribution in [2.75, 3.05) is 7.11 Å². The SMILES string of the molecule is COc1ccc(C[CH]O)cc1. The van der Waals surface area contributed by atoms with Gasteiger partial charge < -0.3 is 9.84 Å². The molecule has 2 nitrogen and oxygen atoms in total. The van der Waals surface area contributed by atoms with E-state index in [1.807, 2.05) is 24.3 Å². The van der Waals surface area contributed by atoms with Gasteiger partial charge in [0.05, 0.1) is 13.7 Å². The van der Waals surface area contributed by atoms with Crippen LogP contribution in [0.25, 0.3) is 0 Å². The largest absolute Gasteiger partial charge is 0.497 e. The Morgan fingerprint density at radius 3 is 2.45 bits per heavy atom. The average Bonchev–Trinajstić information content (AvgIpc) is 2.07. The molecule has 0 saturated heterocycles. The zero-order chi connectivity index (χ0) is 8.10. The Morgan fingerprint density at radius 2 is 2.00 bits per heavy atom. The van der Waals surface area contributed by atoms with E-state index in [2.05, 4.69) is 0 Å². The van der Waals surface area contributed by atoms with Gasteiger partial charge in [0.1, 0.15) is 5.75 Å². The molecule has 1 radical (unpaired) electrons. The molecule has 0 bridgehead atoms. The van der Waals surface area contributed by atoms with E-state index in [0.29, 0.717) is 6.42 Å². The maximum Gasteiger partial charge on any atom is 0.118 e. The molecule has 0 aliphatic carbocycles. The number of hydrogen-bond donors (Lipinski definition) is 1. The van der Waals surface area contributed by atoms with Gasteiger partial charge in [-0.1, -0.05) is 12.1 Å². The summed E-state index contributed by atoms with van der Waals surface area (Å²) in [4.78, 5) is 0. The van der Waals surface area contributed by atoms with Gasteiger partial charge in [0.2, 0.25) is 0 Å². The molecule has 1 N–H and O–H groups in total. The minimum Gasteiger partial charge on any atom is -0.497 e. The molecule has 1 rings (SSSR count). The lowest BCUT2D eigenvalue weighted by atomic mass is 10.1. The molecular formula is C9H11O2. The third kappa shape index (κ3) is 2.24. The van der Waals surface area contributed by atoms with Crippen LogP contribution in [0.5, 0.6) is 5.75 Å². The maximum atomic E-state index is 8.49. The van der Waals surface area contributed by atoms with Crippen LogP contribution in [0.1, 0.15) is 5.56 Å². The number of methoxy groups -OCH3 is 1. The van der Waals surface area contributed by atoms with Crippen molar-refractivity contribution in [3.05, 3.63) is 36.4 Å². The Kier molecular flexibility index (Phi) is 2.93. The van der Waals surface area contributed by atoms with Crippen LogP contribution in [0.15, 0.2) is 24.3 Å². The molecule has 0 saturated carbocycles. The first-order valence-electron chi connectivity index (χ1n) is 3.45. The van der Waals surface area contributed by atoms with Crippen molar-refractivity contribution >= 4 is 0 Å². The normalized spacial score (nSPS) is 9.64. The molecule has 0 aliphatic rings. The van der Waals surface area contributed by atoms with Crippen LogP contribution in [-0.4, -0.2) is 12.2 Å². The summed E-state index contributed by atoms with van der Waals surface area (Å²) in [5.41, 5.74) is 1.08. The summed E-state index contributed by atoms with van der Waals surface area (Å²) in [7, 11) is 1.63. The quantitative estimate of drug-likeness (QED) is 0.713. The van der Waals surface area contributed by atoms with Crippen LogP contribution in [0.3, 0.4) is 0 Å². The van der Waals surface area contributed by atoms with E-state index in [4.69, 9.17) is 9.84 Å².